The van der Waals surface area contributed by atoms with Crippen LogP contribution in [0.1, 0.15) is 16.7 Å². The topological polar surface area (TPSA) is 38.7 Å². The summed E-state index contributed by atoms with van der Waals surface area (Å²) >= 11 is -2.10. The van der Waals surface area contributed by atoms with E-state index < -0.39 is 16.5 Å². The molecular weight excluding hydrogens is 450 g/mol. The number of rotatable bonds is 3. The summed E-state index contributed by atoms with van der Waals surface area (Å²) < 4.78 is 3.56. The molecule has 0 amide bonds. The molecule has 0 bridgehead atoms. The molecule has 0 atom stereocenters. The van der Waals surface area contributed by atoms with E-state index in [4.69, 9.17) is 15.0 Å². The van der Waals surface area contributed by atoms with Crippen molar-refractivity contribution in [2.45, 2.75) is 20.8 Å². The van der Waals surface area contributed by atoms with E-state index in [2.05, 4.69) is 39.0 Å². The van der Waals surface area contributed by atoms with Crippen LogP contribution < -0.4 is 12.6 Å². The molecular formula is C18H18IrN3. The molecule has 4 heteroatoms. The van der Waals surface area contributed by atoms with Gasteiger partial charge in [0.15, 0.2) is 0 Å². The van der Waals surface area contributed by atoms with E-state index in [9.17, 15) is 0 Å². The maximum absolute atomic E-state index is 4.71. The predicted molar refractivity (Wildman–Crippen MR) is 85.8 cm³/mol. The van der Waals surface area contributed by atoms with Crippen LogP contribution in [-0.2, 0) is 16.5 Å². The Morgan fingerprint density at radius 3 is 1.18 bits per heavy atom. The molecule has 0 aromatic carbocycles. The van der Waals surface area contributed by atoms with E-state index in [0.717, 1.165) is 0 Å². The van der Waals surface area contributed by atoms with E-state index in [0.29, 0.717) is 0 Å². The monoisotopic (exact) mass is 469 g/mol. The molecule has 3 heterocycles. The Labute approximate surface area is 136 Å². The first kappa shape index (κ1) is 15.0. The molecule has 0 spiro atoms. The van der Waals surface area contributed by atoms with Crippen molar-refractivity contribution in [2.75, 3.05) is 0 Å². The minimum absolute atomic E-state index is 1.19. The molecule has 0 aliphatic rings. The molecule has 0 aliphatic heterocycles. The van der Waals surface area contributed by atoms with Crippen LogP contribution in [0.5, 0.6) is 0 Å². The van der Waals surface area contributed by atoms with Gasteiger partial charge in [0.1, 0.15) is 0 Å². The summed E-state index contributed by atoms with van der Waals surface area (Å²) in [6.07, 6.45) is 5.64. The van der Waals surface area contributed by atoms with Crippen molar-refractivity contribution >= 4 is 12.6 Å². The zero-order chi connectivity index (χ0) is 15.5. The molecule has 114 valence electrons. The van der Waals surface area contributed by atoms with Gasteiger partial charge < -0.3 is 0 Å². The average Bonchev–Trinajstić information content (AvgIpc) is 2.53. The molecule has 0 saturated carbocycles. The molecule has 3 nitrogen and oxygen atoms in total. The SMILES string of the molecule is Cc1cccn[c]1[Ir]([c]1ncccc1C)[c]1ncccc1C. The molecule has 0 N–H and O–H groups in total. The molecule has 3 aromatic heterocycles. The van der Waals surface area contributed by atoms with Crippen LogP contribution in [0.2, 0.25) is 0 Å². The fraction of sp³-hybridized carbons (Fsp3) is 0.167. The van der Waals surface area contributed by atoms with Gasteiger partial charge in [-0.05, 0) is 0 Å². The zero-order valence-corrected chi connectivity index (χ0v) is 15.3. The van der Waals surface area contributed by atoms with Gasteiger partial charge in [0, 0.05) is 0 Å². The Bertz CT molecular complexity index is 693. The Morgan fingerprint density at radius 1 is 0.591 bits per heavy atom. The molecule has 0 saturated heterocycles. The van der Waals surface area contributed by atoms with E-state index in [1.54, 1.807) is 0 Å². The van der Waals surface area contributed by atoms with Gasteiger partial charge in [-0.3, -0.25) is 0 Å². The van der Waals surface area contributed by atoms with Crippen LogP contribution in [0.25, 0.3) is 0 Å². The molecule has 0 unspecified atom stereocenters. The van der Waals surface area contributed by atoms with Gasteiger partial charge in [0.05, 0.1) is 0 Å². The number of aromatic nitrogens is 3. The summed E-state index contributed by atoms with van der Waals surface area (Å²) in [5, 5.41) is 0. The van der Waals surface area contributed by atoms with Crippen molar-refractivity contribution < 1.29 is 16.5 Å². The van der Waals surface area contributed by atoms with Crippen molar-refractivity contribution in [3.05, 3.63) is 71.7 Å². The first-order valence-corrected chi connectivity index (χ1v) is 10.7. The van der Waals surface area contributed by atoms with Gasteiger partial charge in [-0.15, -0.1) is 0 Å². The fourth-order valence-electron chi connectivity index (χ4n) is 2.13. The second-order valence-electron chi connectivity index (χ2n) is 5.02. The number of aryl methyl sites for hydroxylation is 3. The number of pyridine rings is 3. The third-order valence-corrected chi connectivity index (χ3v) is 10.4. The van der Waals surface area contributed by atoms with E-state index in [-0.39, 0.29) is 0 Å². The van der Waals surface area contributed by atoms with E-state index in [1.807, 2.05) is 36.8 Å². The van der Waals surface area contributed by atoms with Gasteiger partial charge >= 0.3 is 137 Å². The van der Waals surface area contributed by atoms with Crippen LogP contribution >= 0.6 is 0 Å². The Balaban J connectivity index is 2.27. The van der Waals surface area contributed by atoms with Gasteiger partial charge in [-0.2, -0.15) is 0 Å². The fourth-order valence-corrected chi connectivity index (χ4v) is 8.63. The summed E-state index contributed by atoms with van der Waals surface area (Å²) in [4.78, 5) is 14.1. The molecule has 3 rings (SSSR count). The van der Waals surface area contributed by atoms with Gasteiger partial charge in [-0.25, -0.2) is 0 Å². The molecule has 0 aliphatic carbocycles. The van der Waals surface area contributed by atoms with Gasteiger partial charge in [-0.1, -0.05) is 0 Å². The van der Waals surface area contributed by atoms with Crippen molar-refractivity contribution in [3.8, 4) is 0 Å². The van der Waals surface area contributed by atoms with Crippen molar-refractivity contribution in [1.29, 1.82) is 0 Å². The number of nitrogens with zero attached hydrogens (tertiary/aromatic N) is 3. The first-order valence-electron chi connectivity index (χ1n) is 7.06. The second-order valence-corrected chi connectivity index (χ2v) is 10.2. The van der Waals surface area contributed by atoms with Crippen molar-refractivity contribution in [2.24, 2.45) is 0 Å². The number of hydrogen-bond acceptors (Lipinski definition) is 3. The summed E-state index contributed by atoms with van der Waals surface area (Å²) in [6, 6.07) is 12.4. The first-order chi connectivity index (χ1) is 10.7. The summed E-state index contributed by atoms with van der Waals surface area (Å²) in [5.41, 5.74) is 3.69. The van der Waals surface area contributed by atoms with Crippen LogP contribution in [-0.4, -0.2) is 15.0 Å². The van der Waals surface area contributed by atoms with Gasteiger partial charge in [0.25, 0.3) is 0 Å². The minimum atomic E-state index is -2.10. The third kappa shape index (κ3) is 2.85. The zero-order valence-electron chi connectivity index (χ0n) is 12.9. The quantitative estimate of drug-likeness (QED) is 0.587. The predicted octanol–water partition coefficient (Wildman–Crippen LogP) is 1.69. The molecule has 22 heavy (non-hydrogen) atoms. The third-order valence-electron chi connectivity index (χ3n) is 3.24. The molecule has 0 radical (unpaired) electrons. The maximum atomic E-state index is 4.71. The van der Waals surface area contributed by atoms with Crippen LogP contribution in [0.4, 0.5) is 0 Å². The average molecular weight is 469 g/mol. The summed E-state index contributed by atoms with van der Waals surface area (Å²) in [7, 11) is 0. The standard InChI is InChI=1S/3C6H6N.Ir/c3*1-6-3-2-4-7-5-6;/h3*2-4H,1H3;. The van der Waals surface area contributed by atoms with E-state index >= 15 is 0 Å². The number of hydrogen-bond donors (Lipinski definition) is 0. The Morgan fingerprint density at radius 2 is 0.909 bits per heavy atom. The molecule has 3 aromatic rings. The van der Waals surface area contributed by atoms with Gasteiger partial charge in [0.2, 0.25) is 0 Å². The van der Waals surface area contributed by atoms with Crippen molar-refractivity contribution in [1.82, 2.24) is 15.0 Å². The van der Waals surface area contributed by atoms with Crippen LogP contribution in [0.3, 0.4) is 0 Å². The Kier molecular flexibility index (Phi) is 4.41. The summed E-state index contributed by atoms with van der Waals surface area (Å²) in [6.45, 7) is 6.39. The molecule has 0 fully saturated rings. The normalized spacial score (nSPS) is 11.3. The Hall–Kier alpha value is -1.90. The summed E-state index contributed by atoms with van der Waals surface area (Å²) in [5.74, 6) is 0. The van der Waals surface area contributed by atoms with E-state index in [1.165, 1.54) is 29.3 Å². The van der Waals surface area contributed by atoms with Crippen LogP contribution in [0.15, 0.2) is 55.0 Å². The van der Waals surface area contributed by atoms with Crippen molar-refractivity contribution in [3.63, 3.8) is 0 Å². The second kappa shape index (κ2) is 6.47. The van der Waals surface area contributed by atoms with Crippen LogP contribution in [0, 0.1) is 20.8 Å².